The number of aliphatic carboxylic acids is 1. The molecule has 3 aliphatic rings. The maximum Gasteiger partial charge on any atom is 0.404 e. The van der Waals surface area contributed by atoms with Gasteiger partial charge < -0.3 is 31.5 Å². The second kappa shape index (κ2) is 9.72. The van der Waals surface area contributed by atoms with Gasteiger partial charge >= 0.3 is 12.1 Å². The van der Waals surface area contributed by atoms with Crippen molar-refractivity contribution in [3.8, 4) is 0 Å². The normalized spacial score (nSPS) is 23.9. The third kappa shape index (κ3) is 4.70. The van der Waals surface area contributed by atoms with E-state index in [1.54, 1.807) is 5.38 Å². The minimum atomic E-state index is -1.36. The average molecular weight is 509 g/mol. The largest absolute Gasteiger partial charge is 0.477 e. The molecular formula is C19H20N6O7S2. The summed E-state index contributed by atoms with van der Waals surface area (Å²) < 4.78 is 4.69. The molecule has 180 valence electrons. The summed E-state index contributed by atoms with van der Waals surface area (Å²) in [5.74, 6) is -2.54. The zero-order valence-electron chi connectivity index (χ0n) is 17.5. The van der Waals surface area contributed by atoms with Crippen LogP contribution >= 0.6 is 23.1 Å². The number of aromatic nitrogens is 1. The van der Waals surface area contributed by atoms with Crippen molar-refractivity contribution in [1.29, 1.82) is 0 Å². The fourth-order valence-electron chi connectivity index (χ4n) is 3.58. The van der Waals surface area contributed by atoms with Crippen LogP contribution in [0.2, 0.25) is 0 Å². The molecule has 0 aromatic carbocycles. The van der Waals surface area contributed by atoms with Gasteiger partial charge in [0.05, 0.1) is 0 Å². The van der Waals surface area contributed by atoms with Gasteiger partial charge in [-0.2, -0.15) is 0 Å². The Kier molecular flexibility index (Phi) is 6.74. The van der Waals surface area contributed by atoms with Crippen molar-refractivity contribution in [3.05, 3.63) is 34.5 Å². The number of anilines is 1. The summed E-state index contributed by atoms with van der Waals surface area (Å²) in [6.45, 7) is -0.355. The lowest BCUT2D eigenvalue weighted by Gasteiger charge is -2.49. The molecule has 0 spiro atoms. The van der Waals surface area contributed by atoms with Crippen LogP contribution in [0.5, 0.6) is 0 Å². The van der Waals surface area contributed by atoms with Gasteiger partial charge in [0, 0.05) is 16.7 Å². The van der Waals surface area contributed by atoms with E-state index in [1.165, 1.54) is 11.8 Å². The van der Waals surface area contributed by atoms with Gasteiger partial charge in [0.15, 0.2) is 10.8 Å². The summed E-state index contributed by atoms with van der Waals surface area (Å²) in [6.07, 6.45) is 3.99. The minimum Gasteiger partial charge on any atom is -0.477 e. The van der Waals surface area contributed by atoms with Crippen LogP contribution in [0.25, 0.3) is 0 Å². The molecule has 3 heterocycles. The standard InChI is InChI=1S/C19H20N6O7S2/c20-18-22-10(7-34-18)11(24-32-9-3-1-2-4-9)14(26)23-12-15(27)25-13(17(28)29)8(5-31-19(21)30)6-33-16(12)25/h1,3,7,9,12,16H,2,4-6H2,(H2,20,22)(H2,21,30)(H,23,26)(H,28,29)/b24-11+. The number of oxime groups is 1. The molecule has 4 rings (SSSR count). The number of hydrogen-bond donors (Lipinski definition) is 4. The lowest BCUT2D eigenvalue weighted by Crippen LogP contribution is -2.71. The minimum absolute atomic E-state index is 0.148. The van der Waals surface area contributed by atoms with Crippen molar-refractivity contribution >= 4 is 57.8 Å². The number of carboxylic acids is 1. The Morgan fingerprint density at radius 1 is 1.38 bits per heavy atom. The number of rotatable bonds is 8. The number of fused-ring (bicyclic) bond motifs is 1. The van der Waals surface area contributed by atoms with E-state index in [-0.39, 0.29) is 46.3 Å². The second-order valence-corrected chi connectivity index (χ2v) is 9.38. The number of ether oxygens (including phenoxy) is 1. The van der Waals surface area contributed by atoms with Gasteiger partial charge in [-0.3, -0.25) is 14.5 Å². The SMILES string of the molecule is NC(=O)OCC1=C(C(=O)O)N2C(=O)C(NC(=O)/C(=N/OC3C=CCC3)c3csc(N)n3)C2SC1. The number of nitrogens with one attached hydrogen (secondary N) is 1. The summed E-state index contributed by atoms with van der Waals surface area (Å²) in [5.41, 5.74) is 10.6. The van der Waals surface area contributed by atoms with Gasteiger partial charge in [0.1, 0.15) is 35.5 Å². The van der Waals surface area contributed by atoms with E-state index < -0.39 is 35.3 Å². The quantitative estimate of drug-likeness (QED) is 0.160. The Balaban J connectivity index is 1.51. The Labute approximate surface area is 200 Å². The van der Waals surface area contributed by atoms with Gasteiger partial charge in [-0.25, -0.2) is 14.6 Å². The summed E-state index contributed by atoms with van der Waals surface area (Å²) in [5, 5.41) is 17.3. The first-order valence-electron chi connectivity index (χ1n) is 10.0. The maximum atomic E-state index is 13.0. The molecule has 34 heavy (non-hydrogen) atoms. The number of carbonyl (C=O) groups is 4. The Bertz CT molecular complexity index is 1130. The van der Waals surface area contributed by atoms with Crippen LogP contribution in [0.15, 0.2) is 34.0 Å². The first-order chi connectivity index (χ1) is 16.3. The number of β-lactam (4-membered cyclic amide) rings is 1. The molecule has 3 atom stereocenters. The fourth-order valence-corrected chi connectivity index (χ4v) is 5.45. The number of nitrogens with zero attached hydrogens (tertiary/aromatic N) is 3. The number of hydrogen-bond acceptors (Lipinski definition) is 11. The van der Waals surface area contributed by atoms with E-state index in [9.17, 15) is 24.3 Å². The molecule has 13 nitrogen and oxygen atoms in total. The van der Waals surface area contributed by atoms with Crippen molar-refractivity contribution in [2.45, 2.75) is 30.4 Å². The Morgan fingerprint density at radius 3 is 2.79 bits per heavy atom. The highest BCUT2D eigenvalue weighted by Gasteiger charge is 2.54. The average Bonchev–Trinajstić information content (AvgIpc) is 3.47. The number of nitrogen functional groups attached to an aromatic ring is 1. The predicted octanol–water partition coefficient (Wildman–Crippen LogP) is -0.00150. The van der Waals surface area contributed by atoms with Gasteiger partial charge in [-0.1, -0.05) is 11.2 Å². The first-order valence-corrected chi connectivity index (χ1v) is 11.9. The van der Waals surface area contributed by atoms with Crippen molar-refractivity contribution in [2.24, 2.45) is 10.9 Å². The van der Waals surface area contributed by atoms with E-state index in [1.807, 2.05) is 12.2 Å². The molecule has 1 saturated heterocycles. The van der Waals surface area contributed by atoms with Gasteiger partial charge in [-0.15, -0.1) is 23.1 Å². The summed E-state index contributed by atoms with van der Waals surface area (Å²) in [4.78, 5) is 59.1. The van der Waals surface area contributed by atoms with Crippen molar-refractivity contribution in [1.82, 2.24) is 15.2 Å². The molecule has 3 unspecified atom stereocenters. The second-order valence-electron chi connectivity index (χ2n) is 7.39. The highest BCUT2D eigenvalue weighted by molar-refractivity contribution is 8.00. The molecule has 0 radical (unpaired) electrons. The molecule has 6 N–H and O–H groups in total. The number of thioether (sulfide) groups is 1. The van der Waals surface area contributed by atoms with Crippen LogP contribution in [0.3, 0.4) is 0 Å². The number of nitrogens with two attached hydrogens (primary N) is 2. The summed E-state index contributed by atoms with van der Waals surface area (Å²) in [7, 11) is 0. The van der Waals surface area contributed by atoms with Gasteiger partial charge in [0.25, 0.3) is 11.8 Å². The molecule has 1 aromatic heterocycles. The fraction of sp³-hybridized carbons (Fsp3) is 0.368. The molecule has 1 aromatic rings. The van der Waals surface area contributed by atoms with Crippen LogP contribution in [0, 0.1) is 0 Å². The number of carboxylic acid groups (broad SMARTS) is 1. The molecule has 2 aliphatic heterocycles. The predicted molar refractivity (Wildman–Crippen MR) is 122 cm³/mol. The number of carbonyl (C=O) groups excluding carboxylic acids is 3. The zero-order chi connectivity index (χ0) is 24.4. The highest BCUT2D eigenvalue weighted by Crippen LogP contribution is 2.40. The molecule has 15 heteroatoms. The van der Waals surface area contributed by atoms with Crippen molar-refractivity contribution in [2.75, 3.05) is 18.1 Å². The molecule has 1 aliphatic carbocycles. The van der Waals surface area contributed by atoms with E-state index in [4.69, 9.17) is 21.0 Å². The van der Waals surface area contributed by atoms with E-state index >= 15 is 0 Å². The molecular weight excluding hydrogens is 488 g/mol. The van der Waals surface area contributed by atoms with Crippen LogP contribution < -0.4 is 16.8 Å². The lowest BCUT2D eigenvalue weighted by molar-refractivity contribution is -0.150. The highest BCUT2D eigenvalue weighted by atomic mass is 32.2. The Morgan fingerprint density at radius 2 is 2.18 bits per heavy atom. The summed E-state index contributed by atoms with van der Waals surface area (Å²) >= 11 is 2.33. The van der Waals surface area contributed by atoms with Crippen LogP contribution in [-0.2, 0) is 24.0 Å². The smallest absolute Gasteiger partial charge is 0.404 e. The lowest BCUT2D eigenvalue weighted by atomic mass is 10.0. The number of primary amides is 1. The van der Waals surface area contributed by atoms with Crippen LogP contribution in [0.1, 0.15) is 18.5 Å². The topological polar surface area (TPSA) is 200 Å². The molecule has 0 saturated carbocycles. The summed E-state index contributed by atoms with van der Waals surface area (Å²) in [6, 6.07) is -1.00. The van der Waals surface area contributed by atoms with Crippen molar-refractivity contribution < 1.29 is 33.9 Å². The first kappa shape index (κ1) is 23.6. The van der Waals surface area contributed by atoms with Crippen LogP contribution in [0.4, 0.5) is 9.93 Å². The number of thiazole rings is 1. The van der Waals surface area contributed by atoms with E-state index in [0.717, 1.165) is 29.1 Å². The van der Waals surface area contributed by atoms with Crippen molar-refractivity contribution in [3.63, 3.8) is 0 Å². The Hall–Kier alpha value is -3.59. The molecule has 1 fully saturated rings. The van der Waals surface area contributed by atoms with E-state index in [0.29, 0.717) is 0 Å². The van der Waals surface area contributed by atoms with Gasteiger partial charge in [-0.05, 0) is 18.9 Å². The third-order valence-corrected chi connectivity index (χ3v) is 7.17. The van der Waals surface area contributed by atoms with E-state index in [2.05, 4.69) is 15.5 Å². The monoisotopic (exact) mass is 508 g/mol. The molecule has 3 amide bonds. The van der Waals surface area contributed by atoms with Gasteiger partial charge in [0.2, 0.25) is 0 Å². The number of amides is 3. The maximum absolute atomic E-state index is 13.0. The number of allylic oxidation sites excluding steroid dienone is 1. The molecule has 0 bridgehead atoms. The third-order valence-electron chi connectivity index (χ3n) is 5.15. The zero-order valence-corrected chi connectivity index (χ0v) is 19.1. The van der Waals surface area contributed by atoms with Crippen LogP contribution in [-0.4, -0.2) is 74.5 Å².